The predicted octanol–water partition coefficient (Wildman–Crippen LogP) is 1.88. The van der Waals surface area contributed by atoms with Crippen LogP contribution in [0.3, 0.4) is 0 Å². The molecule has 2 heterocycles. The molecule has 1 amide bonds. The Morgan fingerprint density at radius 3 is 2.46 bits per heavy atom. The second-order valence-corrected chi connectivity index (χ2v) is 9.38. The van der Waals surface area contributed by atoms with E-state index in [1.807, 2.05) is 12.0 Å². The third-order valence-electron chi connectivity index (χ3n) is 5.40. The monoisotopic (exact) mass is 524 g/mol. The van der Waals surface area contributed by atoms with E-state index in [-0.39, 0.29) is 28.8 Å². The Balaban J connectivity index is 1.63. The number of hydrogen-bond acceptors (Lipinski definition) is 8. The molecule has 0 fully saturated rings. The van der Waals surface area contributed by atoms with Crippen molar-refractivity contribution >= 4 is 32.7 Å². The van der Waals surface area contributed by atoms with Gasteiger partial charge in [-0.2, -0.15) is 10.2 Å². The van der Waals surface area contributed by atoms with Gasteiger partial charge in [0.05, 0.1) is 45.0 Å². The van der Waals surface area contributed by atoms with Crippen molar-refractivity contribution in [3.05, 3.63) is 53.9 Å². The molecule has 3 N–H and O–H groups in total. The molecule has 192 valence electrons. The molecule has 2 aromatic carbocycles. The van der Waals surface area contributed by atoms with E-state index in [2.05, 4.69) is 25.3 Å². The summed E-state index contributed by atoms with van der Waals surface area (Å²) in [5, 5.41) is 14.4. The number of rotatable bonds is 10. The number of aromatic nitrogens is 4. The maximum absolute atomic E-state index is 13.3. The molecule has 0 saturated heterocycles. The highest BCUT2D eigenvalue weighted by Gasteiger charge is 2.27. The van der Waals surface area contributed by atoms with E-state index >= 15 is 0 Å². The molecule has 37 heavy (non-hydrogen) atoms. The van der Waals surface area contributed by atoms with Gasteiger partial charge in [-0.05, 0) is 35.7 Å². The van der Waals surface area contributed by atoms with Gasteiger partial charge in [-0.1, -0.05) is 6.07 Å². The zero-order valence-electron chi connectivity index (χ0n) is 20.2. The third-order valence-corrected chi connectivity index (χ3v) is 6.81. The minimum Gasteiger partial charge on any atom is -0.496 e. The minimum absolute atomic E-state index is 0.0528. The smallest absolute Gasteiger partial charge is 0.295 e. The zero-order chi connectivity index (χ0) is 26.6. The Labute approximate surface area is 213 Å². The van der Waals surface area contributed by atoms with Crippen LogP contribution in [-0.2, 0) is 27.9 Å². The summed E-state index contributed by atoms with van der Waals surface area (Å²) in [7, 11) is 0.0769. The number of aromatic amines is 1. The molecule has 0 aliphatic carbocycles. The third kappa shape index (κ3) is 5.29. The summed E-state index contributed by atoms with van der Waals surface area (Å²) in [5.74, 6) is 2.19. The molecule has 13 heteroatoms. The van der Waals surface area contributed by atoms with Crippen molar-refractivity contribution in [2.45, 2.75) is 18.0 Å². The molecular formula is C24H24N6O6S. The number of H-pyrrole nitrogens is 1. The van der Waals surface area contributed by atoms with Gasteiger partial charge < -0.3 is 19.5 Å². The number of terminal acetylenes is 1. The van der Waals surface area contributed by atoms with Crippen LogP contribution in [0.5, 0.6) is 17.2 Å². The fraction of sp³-hybridized carbons (Fsp3) is 0.208. The number of anilines is 1. The highest BCUT2D eigenvalue weighted by molar-refractivity contribution is 7.93. The van der Waals surface area contributed by atoms with Crippen LogP contribution in [0, 0.1) is 12.3 Å². The van der Waals surface area contributed by atoms with Crippen molar-refractivity contribution in [2.75, 3.05) is 26.1 Å². The molecule has 0 atom stereocenters. The Kier molecular flexibility index (Phi) is 7.21. The number of carbonyl (C=O) groups is 1. The van der Waals surface area contributed by atoms with Gasteiger partial charge in [-0.25, -0.2) is 8.42 Å². The van der Waals surface area contributed by atoms with Crippen molar-refractivity contribution in [3.63, 3.8) is 0 Å². The van der Waals surface area contributed by atoms with E-state index in [0.717, 1.165) is 11.1 Å². The number of benzene rings is 2. The van der Waals surface area contributed by atoms with Crippen LogP contribution in [0.15, 0.2) is 47.6 Å². The van der Waals surface area contributed by atoms with Crippen molar-refractivity contribution < 1.29 is 27.4 Å². The van der Waals surface area contributed by atoms with E-state index in [4.69, 9.17) is 20.6 Å². The second-order valence-electron chi connectivity index (χ2n) is 7.76. The maximum atomic E-state index is 13.3. The van der Waals surface area contributed by atoms with Gasteiger partial charge in [0.2, 0.25) is 0 Å². The number of hydrogen-bond donors (Lipinski definition) is 3. The molecule has 0 spiro atoms. The molecule has 2 aromatic heterocycles. The molecule has 4 rings (SSSR count). The van der Waals surface area contributed by atoms with Crippen LogP contribution >= 0.6 is 0 Å². The Bertz CT molecular complexity index is 1580. The summed E-state index contributed by atoms with van der Waals surface area (Å²) < 4.78 is 46.9. The molecule has 12 nitrogen and oxygen atoms in total. The second kappa shape index (κ2) is 10.5. The first-order chi connectivity index (χ1) is 17.8. The lowest BCUT2D eigenvalue weighted by Crippen LogP contribution is -2.20. The summed E-state index contributed by atoms with van der Waals surface area (Å²) in [6.07, 6.45) is 8.46. The number of methoxy groups -OCH3 is 3. The Morgan fingerprint density at radius 2 is 1.81 bits per heavy atom. The van der Waals surface area contributed by atoms with Crippen LogP contribution in [0.1, 0.15) is 11.1 Å². The van der Waals surface area contributed by atoms with Crippen LogP contribution in [-0.4, -0.2) is 55.6 Å². The van der Waals surface area contributed by atoms with Crippen LogP contribution in [0.25, 0.3) is 10.9 Å². The summed E-state index contributed by atoms with van der Waals surface area (Å²) in [4.78, 5) is 11.1. The molecule has 0 saturated carbocycles. The Morgan fingerprint density at radius 1 is 1.11 bits per heavy atom. The first-order valence-electron chi connectivity index (χ1n) is 10.8. The average molecular weight is 525 g/mol. The molecule has 0 aliphatic rings. The number of ether oxygens (including phenoxy) is 3. The first kappa shape index (κ1) is 25.4. The van der Waals surface area contributed by atoms with Crippen molar-refractivity contribution in [3.8, 4) is 29.6 Å². The van der Waals surface area contributed by atoms with Gasteiger partial charge >= 0.3 is 0 Å². The number of fused-ring (bicyclic) bond motifs is 1. The highest BCUT2D eigenvalue weighted by Crippen LogP contribution is 2.37. The topological polar surface area (TPSA) is 149 Å². The van der Waals surface area contributed by atoms with Gasteiger partial charge in [-0.15, -0.1) is 6.42 Å². The highest BCUT2D eigenvalue weighted by atomic mass is 32.2. The van der Waals surface area contributed by atoms with Crippen molar-refractivity contribution in [1.29, 1.82) is 0 Å². The number of nitrogens with zero attached hydrogens (tertiary/aromatic N) is 3. The number of amides is 1. The number of nitrogens with one attached hydrogen (secondary N) is 3. The predicted molar refractivity (Wildman–Crippen MR) is 135 cm³/mol. The summed E-state index contributed by atoms with van der Waals surface area (Å²) in [5.41, 5.74) is 2.14. The van der Waals surface area contributed by atoms with Gasteiger partial charge in [0.25, 0.3) is 15.9 Å². The lowest BCUT2D eigenvalue weighted by molar-refractivity contribution is -0.115. The average Bonchev–Trinajstić information content (AvgIpc) is 3.52. The standard InChI is InChI=1S/C24H24N6O6S/c1-5-21(31)25-11-16-12-26-30(14-16)13-15-9-17-22(20(10-15)36-4)24(28-27-17)29-37(32,33)23-18(34-2)7-6-8-19(23)35-3/h1,6-10,12,14H,11,13H2,2-4H3,(H,25,31)(H2,27,28,29). The van der Waals surface area contributed by atoms with Gasteiger partial charge in [0, 0.05) is 18.3 Å². The summed E-state index contributed by atoms with van der Waals surface area (Å²) in [6, 6.07) is 8.25. The van der Waals surface area contributed by atoms with Crippen LogP contribution in [0.2, 0.25) is 0 Å². The molecule has 0 aliphatic heterocycles. The number of carbonyl (C=O) groups excluding carboxylic acids is 1. The normalized spacial score (nSPS) is 11.1. The van der Waals surface area contributed by atoms with E-state index in [1.54, 1.807) is 29.2 Å². The van der Waals surface area contributed by atoms with E-state index in [9.17, 15) is 13.2 Å². The van der Waals surface area contributed by atoms with E-state index in [0.29, 0.717) is 23.2 Å². The fourth-order valence-corrected chi connectivity index (χ4v) is 5.10. The maximum Gasteiger partial charge on any atom is 0.295 e. The van der Waals surface area contributed by atoms with Gasteiger partial charge in [-0.3, -0.25) is 19.3 Å². The van der Waals surface area contributed by atoms with Crippen LogP contribution in [0.4, 0.5) is 5.82 Å². The van der Waals surface area contributed by atoms with Crippen LogP contribution < -0.4 is 24.2 Å². The number of sulfonamides is 1. The molecule has 0 bridgehead atoms. The minimum atomic E-state index is -4.15. The van der Waals surface area contributed by atoms with E-state index < -0.39 is 15.9 Å². The summed E-state index contributed by atoms with van der Waals surface area (Å²) in [6.45, 7) is 0.639. The zero-order valence-corrected chi connectivity index (χ0v) is 21.0. The first-order valence-corrected chi connectivity index (χ1v) is 12.3. The largest absolute Gasteiger partial charge is 0.496 e. The molecule has 0 unspecified atom stereocenters. The molecule has 0 radical (unpaired) electrons. The van der Waals surface area contributed by atoms with Crippen molar-refractivity contribution in [2.24, 2.45) is 0 Å². The Hall–Kier alpha value is -4.70. The van der Waals surface area contributed by atoms with Gasteiger partial charge in [0.15, 0.2) is 10.7 Å². The summed E-state index contributed by atoms with van der Waals surface area (Å²) >= 11 is 0. The van der Waals surface area contributed by atoms with Crippen molar-refractivity contribution in [1.82, 2.24) is 25.3 Å². The lowest BCUT2D eigenvalue weighted by atomic mass is 10.1. The quantitative estimate of drug-likeness (QED) is 0.266. The van der Waals surface area contributed by atoms with E-state index in [1.165, 1.54) is 33.5 Å². The lowest BCUT2D eigenvalue weighted by Gasteiger charge is -2.14. The fourth-order valence-electron chi connectivity index (χ4n) is 3.77. The molecular weight excluding hydrogens is 500 g/mol. The SMILES string of the molecule is C#CC(=O)NCc1cnn(Cc2cc(OC)c3c(NS(=O)(=O)c4c(OC)cccc4OC)n[nH]c3c2)c1. The molecule has 4 aromatic rings. The van der Waals surface area contributed by atoms with Gasteiger partial charge in [0.1, 0.15) is 17.2 Å².